The van der Waals surface area contributed by atoms with E-state index >= 15 is 0 Å². The lowest BCUT2D eigenvalue weighted by Crippen LogP contribution is -2.45. The predicted molar refractivity (Wildman–Crippen MR) is 179 cm³/mol. The third kappa shape index (κ3) is 9.18. The molecule has 0 saturated carbocycles. The van der Waals surface area contributed by atoms with Crippen LogP contribution in [0.15, 0.2) is 138 Å². The minimum atomic E-state index is -3.96. The van der Waals surface area contributed by atoms with Crippen molar-refractivity contribution in [3.05, 3.63) is 161 Å². The number of benzene rings is 5. The average molecular weight is 672 g/mol. The van der Waals surface area contributed by atoms with Crippen LogP contribution in [0.3, 0.4) is 0 Å². The van der Waals surface area contributed by atoms with Crippen molar-refractivity contribution < 1.29 is 27.1 Å². The van der Waals surface area contributed by atoms with Crippen LogP contribution in [-0.4, -0.2) is 31.7 Å². The van der Waals surface area contributed by atoms with Crippen LogP contribution in [0.4, 0.5) is 10.1 Å². The quantitative estimate of drug-likeness (QED) is 0.144. The summed E-state index contributed by atoms with van der Waals surface area (Å²) in [4.78, 5) is 29.1. The van der Waals surface area contributed by atoms with Gasteiger partial charge in [0.15, 0.2) is 6.61 Å². The molecule has 1 unspecified atom stereocenters. The molecule has 0 aliphatic heterocycles. The van der Waals surface area contributed by atoms with Crippen LogP contribution >= 0.6 is 11.6 Å². The van der Waals surface area contributed by atoms with Gasteiger partial charge in [0.05, 0.1) is 4.90 Å². The minimum Gasteiger partial charge on any atom is -0.484 e. The second-order valence-corrected chi connectivity index (χ2v) is 12.7. The highest BCUT2D eigenvalue weighted by Crippen LogP contribution is 2.26. The van der Waals surface area contributed by atoms with Crippen molar-refractivity contribution in [2.24, 2.45) is 0 Å². The third-order valence-corrected chi connectivity index (χ3v) is 8.81. The predicted octanol–water partition coefficient (Wildman–Crippen LogP) is 6.75. The number of sulfonamides is 1. The van der Waals surface area contributed by atoms with Crippen LogP contribution in [0.1, 0.15) is 22.7 Å². The maximum atomic E-state index is 13.9. The van der Waals surface area contributed by atoms with Gasteiger partial charge in [0, 0.05) is 23.8 Å². The second-order valence-electron chi connectivity index (χ2n) is 10.5. The summed E-state index contributed by atoms with van der Waals surface area (Å²) in [6.07, 6.45) is 0. The van der Waals surface area contributed by atoms with E-state index in [4.69, 9.17) is 16.3 Å². The number of hydrogen-bond acceptors (Lipinski definition) is 5. The van der Waals surface area contributed by atoms with Crippen molar-refractivity contribution in [2.75, 3.05) is 11.3 Å². The summed E-state index contributed by atoms with van der Waals surface area (Å²) in [6.45, 7) is -0.0690. The first kappa shape index (κ1) is 33.2. The molecule has 0 spiro atoms. The second kappa shape index (κ2) is 15.4. The molecule has 0 fully saturated rings. The van der Waals surface area contributed by atoms with E-state index in [0.29, 0.717) is 10.6 Å². The molecule has 5 rings (SSSR count). The number of nitrogens with one attached hydrogen (secondary N) is 2. The molecule has 0 heterocycles. The summed E-state index contributed by atoms with van der Waals surface area (Å²) in [5, 5.41) is 3.50. The van der Waals surface area contributed by atoms with E-state index in [9.17, 15) is 22.4 Å². The number of hydrogen-bond donors (Lipinski definition) is 2. The fraction of sp³-hybridized carbons (Fsp3) is 0.111. The number of rotatable bonds is 13. The van der Waals surface area contributed by atoms with Gasteiger partial charge in [-0.3, -0.25) is 14.3 Å². The maximum absolute atomic E-state index is 13.9. The molecule has 11 heteroatoms. The zero-order chi connectivity index (χ0) is 33.2. The topological polar surface area (TPSA) is 105 Å². The highest BCUT2D eigenvalue weighted by molar-refractivity contribution is 7.92. The zero-order valence-electron chi connectivity index (χ0n) is 25.1. The zero-order valence-corrected chi connectivity index (χ0v) is 26.6. The molecule has 0 aromatic heterocycles. The summed E-state index contributed by atoms with van der Waals surface area (Å²) >= 11 is 6.10. The standard InChI is InChI=1S/C36H31ClFN3O5S/c37-29-13-11-27(12-14-29)24-41(35(28-9-5-2-6-10-28)36(43)39-23-26-7-3-1-4-8-26)34(42)25-46-32-19-21-33(22-20-32)47(44,45)40-31-17-15-30(38)16-18-31/h1-22,35,40H,23-25H2,(H,39,43). The van der Waals surface area contributed by atoms with E-state index in [0.717, 1.165) is 23.3 Å². The summed E-state index contributed by atoms with van der Waals surface area (Å²) in [6, 6.07) is 34.9. The Kier molecular flexibility index (Phi) is 10.9. The number of amides is 2. The Balaban J connectivity index is 1.35. The largest absolute Gasteiger partial charge is 0.484 e. The molecule has 0 radical (unpaired) electrons. The molecule has 5 aromatic rings. The van der Waals surface area contributed by atoms with Crippen LogP contribution in [0, 0.1) is 5.82 Å². The maximum Gasteiger partial charge on any atom is 0.261 e. The Morgan fingerprint density at radius 1 is 0.766 bits per heavy atom. The first-order valence-corrected chi connectivity index (χ1v) is 16.5. The van der Waals surface area contributed by atoms with Gasteiger partial charge in [-0.05, 0) is 77.4 Å². The van der Waals surface area contributed by atoms with Gasteiger partial charge in [0.25, 0.3) is 15.9 Å². The molecular weight excluding hydrogens is 641 g/mol. The van der Waals surface area contributed by atoms with E-state index in [2.05, 4.69) is 10.0 Å². The van der Waals surface area contributed by atoms with E-state index < -0.39 is 34.4 Å². The number of anilines is 1. The summed E-state index contributed by atoms with van der Waals surface area (Å²) in [5.74, 6) is -1.09. The number of nitrogens with zero attached hydrogens (tertiary/aromatic N) is 1. The molecule has 2 N–H and O–H groups in total. The number of carbonyl (C=O) groups excluding carboxylic acids is 2. The van der Waals surface area contributed by atoms with Crippen molar-refractivity contribution in [1.82, 2.24) is 10.2 Å². The fourth-order valence-corrected chi connectivity index (χ4v) is 5.96. The van der Waals surface area contributed by atoms with Crippen molar-refractivity contribution in [2.45, 2.75) is 24.0 Å². The molecule has 2 amide bonds. The molecule has 47 heavy (non-hydrogen) atoms. The highest BCUT2D eigenvalue weighted by atomic mass is 35.5. The van der Waals surface area contributed by atoms with Crippen molar-refractivity contribution >= 4 is 39.1 Å². The Bertz CT molecular complexity index is 1890. The van der Waals surface area contributed by atoms with Crippen molar-refractivity contribution in [3.63, 3.8) is 0 Å². The molecule has 0 bridgehead atoms. The van der Waals surface area contributed by atoms with Crippen molar-refractivity contribution in [3.8, 4) is 5.75 Å². The van der Waals surface area contributed by atoms with Crippen LogP contribution in [0.2, 0.25) is 5.02 Å². The SMILES string of the molecule is O=C(NCc1ccccc1)C(c1ccccc1)N(Cc1ccc(Cl)cc1)C(=O)COc1ccc(S(=O)(=O)Nc2ccc(F)cc2)cc1. The highest BCUT2D eigenvalue weighted by Gasteiger charge is 2.32. The van der Waals surface area contributed by atoms with E-state index in [1.165, 1.54) is 41.3 Å². The number of halogens is 2. The van der Waals surface area contributed by atoms with Gasteiger partial charge in [0.2, 0.25) is 5.91 Å². The van der Waals surface area contributed by atoms with E-state index in [-0.39, 0.29) is 35.3 Å². The molecule has 0 saturated heterocycles. The Morgan fingerprint density at radius 3 is 2.02 bits per heavy atom. The number of carbonyl (C=O) groups is 2. The van der Waals surface area contributed by atoms with Crippen LogP contribution in [-0.2, 0) is 32.7 Å². The van der Waals surface area contributed by atoms with Gasteiger partial charge in [0.1, 0.15) is 17.6 Å². The van der Waals surface area contributed by atoms with E-state index in [1.807, 2.05) is 36.4 Å². The Morgan fingerprint density at radius 2 is 1.38 bits per heavy atom. The van der Waals surface area contributed by atoms with Gasteiger partial charge < -0.3 is 15.0 Å². The van der Waals surface area contributed by atoms with Crippen LogP contribution in [0.25, 0.3) is 0 Å². The summed E-state index contributed by atoms with van der Waals surface area (Å²) in [5.41, 5.74) is 2.48. The molecule has 240 valence electrons. The number of ether oxygens (including phenoxy) is 1. The molecule has 0 aliphatic rings. The molecule has 8 nitrogen and oxygen atoms in total. The molecule has 0 aliphatic carbocycles. The van der Waals surface area contributed by atoms with Gasteiger partial charge in [-0.25, -0.2) is 12.8 Å². The lowest BCUT2D eigenvalue weighted by Gasteiger charge is -2.31. The van der Waals surface area contributed by atoms with Crippen LogP contribution < -0.4 is 14.8 Å². The Labute approximate surface area is 277 Å². The molecule has 1 atom stereocenters. The Hall–Kier alpha value is -5.19. The molecular formula is C36H31ClFN3O5S. The van der Waals surface area contributed by atoms with Gasteiger partial charge in [-0.2, -0.15) is 0 Å². The normalized spacial score (nSPS) is 11.7. The summed E-state index contributed by atoms with van der Waals surface area (Å²) in [7, 11) is -3.96. The third-order valence-electron chi connectivity index (χ3n) is 7.16. The monoisotopic (exact) mass is 671 g/mol. The van der Waals surface area contributed by atoms with Crippen molar-refractivity contribution in [1.29, 1.82) is 0 Å². The van der Waals surface area contributed by atoms with Crippen LogP contribution in [0.5, 0.6) is 5.75 Å². The van der Waals surface area contributed by atoms with Gasteiger partial charge >= 0.3 is 0 Å². The fourth-order valence-electron chi connectivity index (χ4n) is 4.77. The smallest absolute Gasteiger partial charge is 0.261 e. The van der Waals surface area contributed by atoms with Gasteiger partial charge in [-0.15, -0.1) is 0 Å². The minimum absolute atomic E-state index is 0.0518. The molecule has 5 aromatic carbocycles. The van der Waals surface area contributed by atoms with E-state index in [1.54, 1.807) is 48.5 Å². The average Bonchev–Trinajstić information content (AvgIpc) is 3.09. The summed E-state index contributed by atoms with van der Waals surface area (Å²) < 4.78 is 47.0. The first-order valence-electron chi connectivity index (χ1n) is 14.6. The lowest BCUT2D eigenvalue weighted by molar-refractivity contribution is -0.143. The lowest BCUT2D eigenvalue weighted by atomic mass is 10.0. The van der Waals surface area contributed by atoms with Gasteiger partial charge in [-0.1, -0.05) is 84.4 Å². The first-order chi connectivity index (χ1) is 22.7.